The first-order chi connectivity index (χ1) is 8.27. The maximum absolute atomic E-state index is 6.07. The standard InChI is InChI=1S/C14H21ClO2/c1-3-4-5-6-7-10-17-14-9-8-12(16-2)11-13(14)15/h8-9,11H,3-7,10H2,1-2H3. The lowest BCUT2D eigenvalue weighted by molar-refractivity contribution is 0.304. The van der Waals surface area contributed by atoms with Gasteiger partial charge in [-0.1, -0.05) is 44.2 Å². The van der Waals surface area contributed by atoms with Crippen molar-refractivity contribution in [3.05, 3.63) is 23.2 Å². The normalized spacial score (nSPS) is 10.3. The molecule has 0 saturated heterocycles. The van der Waals surface area contributed by atoms with Gasteiger partial charge < -0.3 is 9.47 Å². The minimum absolute atomic E-state index is 0.609. The van der Waals surface area contributed by atoms with E-state index in [-0.39, 0.29) is 0 Å². The van der Waals surface area contributed by atoms with Gasteiger partial charge in [-0.05, 0) is 18.6 Å². The van der Waals surface area contributed by atoms with Crippen molar-refractivity contribution in [3.63, 3.8) is 0 Å². The summed E-state index contributed by atoms with van der Waals surface area (Å²) in [6.45, 7) is 2.95. The Balaban J connectivity index is 2.27. The van der Waals surface area contributed by atoms with E-state index in [0.717, 1.165) is 24.5 Å². The van der Waals surface area contributed by atoms with Crippen LogP contribution in [-0.2, 0) is 0 Å². The van der Waals surface area contributed by atoms with Gasteiger partial charge in [0.05, 0.1) is 18.7 Å². The van der Waals surface area contributed by atoms with E-state index in [2.05, 4.69) is 6.92 Å². The number of methoxy groups -OCH3 is 1. The molecule has 1 aromatic rings. The van der Waals surface area contributed by atoms with Crippen molar-refractivity contribution in [2.24, 2.45) is 0 Å². The fourth-order valence-corrected chi connectivity index (χ4v) is 1.84. The molecule has 0 N–H and O–H groups in total. The van der Waals surface area contributed by atoms with Gasteiger partial charge in [-0.15, -0.1) is 0 Å². The second kappa shape index (κ2) is 8.24. The van der Waals surface area contributed by atoms with Crippen LogP contribution >= 0.6 is 11.6 Å². The van der Waals surface area contributed by atoms with Gasteiger partial charge in [0, 0.05) is 6.07 Å². The fraction of sp³-hybridized carbons (Fsp3) is 0.571. The minimum atomic E-state index is 0.609. The lowest BCUT2D eigenvalue weighted by Gasteiger charge is -2.09. The first-order valence-electron chi connectivity index (χ1n) is 6.24. The monoisotopic (exact) mass is 256 g/mol. The van der Waals surface area contributed by atoms with Crippen molar-refractivity contribution in [3.8, 4) is 11.5 Å². The average Bonchev–Trinajstić information content (AvgIpc) is 2.35. The van der Waals surface area contributed by atoms with Gasteiger partial charge in [0.1, 0.15) is 11.5 Å². The minimum Gasteiger partial charge on any atom is -0.497 e. The molecule has 0 aromatic heterocycles. The first kappa shape index (κ1) is 14.2. The summed E-state index contributed by atoms with van der Waals surface area (Å²) in [6.07, 6.45) is 6.18. The predicted molar refractivity (Wildman–Crippen MR) is 72.3 cm³/mol. The van der Waals surface area contributed by atoms with Crippen LogP contribution in [0, 0.1) is 0 Å². The number of benzene rings is 1. The number of hydrogen-bond donors (Lipinski definition) is 0. The van der Waals surface area contributed by atoms with Crippen LogP contribution in [-0.4, -0.2) is 13.7 Å². The lowest BCUT2D eigenvalue weighted by atomic mass is 10.2. The highest BCUT2D eigenvalue weighted by Crippen LogP contribution is 2.28. The third-order valence-corrected chi connectivity index (χ3v) is 2.94. The molecule has 0 aliphatic heterocycles. The molecule has 0 bridgehead atoms. The number of rotatable bonds is 8. The summed E-state index contributed by atoms with van der Waals surface area (Å²) < 4.78 is 10.7. The number of unbranched alkanes of at least 4 members (excludes halogenated alkanes) is 4. The molecule has 0 aliphatic rings. The molecular weight excluding hydrogens is 236 g/mol. The Morgan fingerprint density at radius 1 is 1.12 bits per heavy atom. The Labute approximate surface area is 109 Å². The van der Waals surface area contributed by atoms with E-state index in [4.69, 9.17) is 21.1 Å². The van der Waals surface area contributed by atoms with Crippen LogP contribution in [0.5, 0.6) is 11.5 Å². The molecule has 0 spiro atoms. The summed E-state index contributed by atoms with van der Waals surface area (Å²) in [4.78, 5) is 0. The van der Waals surface area contributed by atoms with Crippen molar-refractivity contribution in [1.29, 1.82) is 0 Å². The highest BCUT2D eigenvalue weighted by molar-refractivity contribution is 6.32. The highest BCUT2D eigenvalue weighted by Gasteiger charge is 2.02. The zero-order chi connectivity index (χ0) is 12.5. The Kier molecular flexibility index (Phi) is 6.87. The lowest BCUT2D eigenvalue weighted by Crippen LogP contribution is -1.98. The van der Waals surface area contributed by atoms with E-state index in [1.54, 1.807) is 13.2 Å². The smallest absolute Gasteiger partial charge is 0.138 e. The molecule has 1 aromatic carbocycles. The van der Waals surface area contributed by atoms with Gasteiger partial charge in [0.25, 0.3) is 0 Å². The molecule has 0 heterocycles. The highest BCUT2D eigenvalue weighted by atomic mass is 35.5. The molecule has 96 valence electrons. The summed E-state index contributed by atoms with van der Waals surface area (Å²) in [5.41, 5.74) is 0. The van der Waals surface area contributed by atoms with Gasteiger partial charge >= 0.3 is 0 Å². The van der Waals surface area contributed by atoms with Gasteiger partial charge in [0.2, 0.25) is 0 Å². The SMILES string of the molecule is CCCCCCCOc1ccc(OC)cc1Cl. The number of ether oxygens (including phenoxy) is 2. The van der Waals surface area contributed by atoms with Crippen LogP contribution in [0.3, 0.4) is 0 Å². The zero-order valence-electron chi connectivity index (χ0n) is 10.7. The molecule has 2 nitrogen and oxygen atoms in total. The third kappa shape index (κ3) is 5.31. The Hall–Kier alpha value is -0.890. The molecule has 0 fully saturated rings. The maximum Gasteiger partial charge on any atom is 0.138 e. The zero-order valence-corrected chi connectivity index (χ0v) is 11.4. The molecule has 0 radical (unpaired) electrons. The number of hydrogen-bond acceptors (Lipinski definition) is 2. The summed E-state index contributed by atoms with van der Waals surface area (Å²) in [5.74, 6) is 1.49. The van der Waals surface area contributed by atoms with Crippen LogP contribution < -0.4 is 9.47 Å². The van der Waals surface area contributed by atoms with E-state index in [0.29, 0.717) is 5.02 Å². The molecule has 3 heteroatoms. The molecule has 17 heavy (non-hydrogen) atoms. The summed E-state index contributed by atoms with van der Waals surface area (Å²) >= 11 is 6.07. The largest absolute Gasteiger partial charge is 0.497 e. The van der Waals surface area contributed by atoms with Crippen LogP contribution in [0.2, 0.25) is 5.02 Å². The maximum atomic E-state index is 6.07. The van der Waals surface area contributed by atoms with Crippen molar-refractivity contribution in [2.45, 2.75) is 39.0 Å². The van der Waals surface area contributed by atoms with Crippen molar-refractivity contribution < 1.29 is 9.47 Å². The number of halogens is 1. The van der Waals surface area contributed by atoms with Crippen molar-refractivity contribution in [1.82, 2.24) is 0 Å². The van der Waals surface area contributed by atoms with Crippen molar-refractivity contribution in [2.75, 3.05) is 13.7 Å². The van der Waals surface area contributed by atoms with E-state index in [9.17, 15) is 0 Å². The topological polar surface area (TPSA) is 18.5 Å². The average molecular weight is 257 g/mol. The summed E-state index contributed by atoms with van der Waals surface area (Å²) in [7, 11) is 1.62. The van der Waals surface area contributed by atoms with Crippen LogP contribution in [0.25, 0.3) is 0 Å². The van der Waals surface area contributed by atoms with E-state index >= 15 is 0 Å². The van der Waals surface area contributed by atoms with E-state index in [1.807, 2.05) is 12.1 Å². The quantitative estimate of drug-likeness (QED) is 0.628. The molecule has 0 saturated carbocycles. The van der Waals surface area contributed by atoms with Gasteiger partial charge in [-0.3, -0.25) is 0 Å². The Morgan fingerprint density at radius 2 is 1.88 bits per heavy atom. The molecule has 0 aliphatic carbocycles. The fourth-order valence-electron chi connectivity index (χ4n) is 1.61. The molecule has 1 rings (SSSR count). The summed E-state index contributed by atoms with van der Waals surface area (Å²) in [5, 5.41) is 0.609. The first-order valence-corrected chi connectivity index (χ1v) is 6.62. The summed E-state index contributed by atoms with van der Waals surface area (Å²) in [6, 6.07) is 5.49. The van der Waals surface area contributed by atoms with E-state index in [1.165, 1.54) is 25.7 Å². The van der Waals surface area contributed by atoms with Crippen LogP contribution in [0.1, 0.15) is 39.0 Å². The predicted octanol–water partition coefficient (Wildman–Crippen LogP) is 4.70. The van der Waals surface area contributed by atoms with Crippen LogP contribution in [0.4, 0.5) is 0 Å². The van der Waals surface area contributed by atoms with E-state index < -0.39 is 0 Å². The van der Waals surface area contributed by atoms with Crippen molar-refractivity contribution >= 4 is 11.6 Å². The van der Waals surface area contributed by atoms with Gasteiger partial charge in [0.15, 0.2) is 0 Å². The van der Waals surface area contributed by atoms with Gasteiger partial charge in [-0.25, -0.2) is 0 Å². The third-order valence-electron chi connectivity index (χ3n) is 2.64. The molecule has 0 unspecified atom stereocenters. The van der Waals surface area contributed by atoms with Crippen LogP contribution in [0.15, 0.2) is 18.2 Å². The van der Waals surface area contributed by atoms with Gasteiger partial charge in [-0.2, -0.15) is 0 Å². The Morgan fingerprint density at radius 3 is 2.53 bits per heavy atom. The second-order valence-electron chi connectivity index (χ2n) is 4.06. The molecular formula is C14H21ClO2. The molecule has 0 amide bonds. The Bertz CT molecular complexity index is 326. The second-order valence-corrected chi connectivity index (χ2v) is 4.47. The molecule has 0 atom stereocenters.